The van der Waals surface area contributed by atoms with E-state index in [1.807, 2.05) is 0 Å². The molecule has 0 bridgehead atoms. The Morgan fingerprint density at radius 1 is 1.24 bits per heavy atom. The number of carbonyl (C=O) groups excluding carboxylic acids is 1. The van der Waals surface area contributed by atoms with Crippen LogP contribution in [0.1, 0.15) is 0 Å². The summed E-state index contributed by atoms with van der Waals surface area (Å²) in [7, 11) is -5.13. The van der Waals surface area contributed by atoms with Gasteiger partial charge in [0.05, 0.1) is 20.0 Å². The number of esters is 1. The number of carbonyl (C=O) groups is 1. The van der Waals surface area contributed by atoms with E-state index in [1.165, 1.54) is 7.05 Å². The van der Waals surface area contributed by atoms with Gasteiger partial charge in [0.25, 0.3) is 10.1 Å². The van der Waals surface area contributed by atoms with Crippen LogP contribution in [-0.4, -0.2) is 66.4 Å². The second-order valence-corrected chi connectivity index (χ2v) is 6.90. The summed E-state index contributed by atoms with van der Waals surface area (Å²) >= 11 is 0. The third-order valence-corrected chi connectivity index (χ3v) is 4.03. The lowest BCUT2D eigenvalue weighted by Crippen LogP contribution is -2.35. The van der Waals surface area contributed by atoms with Gasteiger partial charge < -0.3 is 4.74 Å². The number of ether oxygens (including phenoxy) is 1. The Bertz CT molecular complexity index is 453. The number of hydrogen-bond acceptors (Lipinski definition) is 7. The van der Waals surface area contributed by atoms with Crippen molar-refractivity contribution in [2.75, 3.05) is 39.3 Å². The van der Waals surface area contributed by atoms with Gasteiger partial charge in [-0.2, -0.15) is 8.42 Å². The molecule has 17 heavy (non-hydrogen) atoms. The number of sulfonamides is 1. The highest BCUT2D eigenvalue weighted by Gasteiger charge is 2.22. The summed E-state index contributed by atoms with van der Waals surface area (Å²) in [6.45, 7) is -0.484. The van der Waals surface area contributed by atoms with Crippen LogP contribution in [0.5, 0.6) is 0 Å². The first-order valence-electron chi connectivity index (χ1n) is 4.43. The molecule has 0 unspecified atom stereocenters. The molecule has 0 aromatic rings. The molecular weight excluding hydrogens is 274 g/mol. The zero-order chi connectivity index (χ0) is 13.7. The predicted octanol–water partition coefficient (Wildman–Crippen LogP) is -1.60. The average Bonchev–Trinajstić information content (AvgIpc) is 2.14. The van der Waals surface area contributed by atoms with Crippen LogP contribution in [0, 0.1) is 0 Å². The predicted molar refractivity (Wildman–Crippen MR) is 59.2 cm³/mol. The third-order valence-electron chi connectivity index (χ3n) is 1.71. The Balaban J connectivity index is 4.31. The molecule has 0 aliphatic heterocycles. The molecule has 0 N–H and O–H groups in total. The van der Waals surface area contributed by atoms with E-state index in [2.05, 4.69) is 8.92 Å². The average molecular weight is 289 g/mol. The molecule has 0 heterocycles. The van der Waals surface area contributed by atoms with Crippen LogP contribution in [0.15, 0.2) is 0 Å². The lowest BCUT2D eigenvalue weighted by Gasteiger charge is -2.15. The number of hydrogen-bond donors (Lipinski definition) is 0. The molecule has 0 atom stereocenters. The van der Waals surface area contributed by atoms with Crippen LogP contribution < -0.4 is 0 Å². The molecule has 102 valence electrons. The van der Waals surface area contributed by atoms with Crippen LogP contribution >= 0.6 is 0 Å². The zero-order valence-corrected chi connectivity index (χ0v) is 11.4. The van der Waals surface area contributed by atoms with Crippen molar-refractivity contribution in [3.8, 4) is 0 Å². The molecule has 0 aromatic heterocycles. The summed E-state index contributed by atoms with van der Waals surface area (Å²) in [6, 6.07) is 0. The monoisotopic (exact) mass is 289 g/mol. The minimum atomic E-state index is -3.81. The molecule has 8 nitrogen and oxygen atoms in total. The van der Waals surface area contributed by atoms with Crippen molar-refractivity contribution in [2.24, 2.45) is 0 Å². The molecule has 0 saturated carbocycles. The molecule has 0 aliphatic rings. The number of nitrogens with zero attached hydrogens (tertiary/aromatic N) is 1. The van der Waals surface area contributed by atoms with Crippen LogP contribution in [0.3, 0.4) is 0 Å². The van der Waals surface area contributed by atoms with Crippen molar-refractivity contribution < 1.29 is 30.6 Å². The van der Waals surface area contributed by atoms with E-state index < -0.39 is 31.9 Å². The van der Waals surface area contributed by atoms with Crippen LogP contribution in [-0.2, 0) is 33.9 Å². The maximum absolute atomic E-state index is 11.5. The van der Waals surface area contributed by atoms with Gasteiger partial charge in [-0.15, -0.1) is 0 Å². The lowest BCUT2D eigenvalue weighted by molar-refractivity contribution is -0.137. The van der Waals surface area contributed by atoms with Gasteiger partial charge in [-0.1, -0.05) is 0 Å². The third kappa shape index (κ3) is 7.26. The van der Waals surface area contributed by atoms with E-state index in [0.29, 0.717) is 0 Å². The van der Waals surface area contributed by atoms with Gasteiger partial charge >= 0.3 is 5.97 Å². The normalized spacial score (nSPS) is 12.7. The summed E-state index contributed by atoms with van der Waals surface area (Å²) in [5.74, 6) is -1.68. The Hall–Kier alpha value is -0.710. The molecule has 0 rings (SSSR count). The smallest absolute Gasteiger partial charge is 0.322 e. The van der Waals surface area contributed by atoms with Crippen molar-refractivity contribution in [1.82, 2.24) is 4.31 Å². The fraction of sp³-hybridized carbons (Fsp3) is 0.857. The van der Waals surface area contributed by atoms with Crippen molar-refractivity contribution in [3.63, 3.8) is 0 Å². The fourth-order valence-electron chi connectivity index (χ4n) is 0.774. The Labute approximate surface area is 101 Å². The van der Waals surface area contributed by atoms with Crippen LogP contribution in [0.25, 0.3) is 0 Å². The largest absolute Gasteiger partial charge is 0.468 e. The Morgan fingerprint density at radius 3 is 2.18 bits per heavy atom. The lowest BCUT2D eigenvalue weighted by atomic mass is 10.7. The maximum atomic E-state index is 11.5. The molecule has 0 aliphatic carbocycles. The second-order valence-electron chi connectivity index (χ2n) is 3.18. The standard InChI is InChI=1S/C7H15NO7S2/c1-8(4-5-15-16(3,10)11)17(12,13)6-7(9)14-2/h4-6H2,1-3H3. The highest BCUT2D eigenvalue weighted by atomic mass is 32.2. The second kappa shape index (κ2) is 6.28. The van der Waals surface area contributed by atoms with Gasteiger partial charge in [0, 0.05) is 13.6 Å². The molecule has 0 saturated heterocycles. The van der Waals surface area contributed by atoms with E-state index in [9.17, 15) is 21.6 Å². The van der Waals surface area contributed by atoms with Gasteiger partial charge in [0.15, 0.2) is 5.75 Å². The molecule has 0 fully saturated rings. The molecule has 0 amide bonds. The Kier molecular flexibility index (Phi) is 6.02. The van der Waals surface area contributed by atoms with E-state index >= 15 is 0 Å². The van der Waals surface area contributed by atoms with E-state index in [1.54, 1.807) is 0 Å². The van der Waals surface area contributed by atoms with Gasteiger partial charge in [0.2, 0.25) is 10.0 Å². The van der Waals surface area contributed by atoms with Crippen molar-refractivity contribution in [3.05, 3.63) is 0 Å². The zero-order valence-electron chi connectivity index (χ0n) is 9.74. The highest BCUT2D eigenvalue weighted by Crippen LogP contribution is 1.99. The summed E-state index contributed by atoms with van der Waals surface area (Å²) in [5, 5.41) is 0. The van der Waals surface area contributed by atoms with Crippen molar-refractivity contribution >= 4 is 26.1 Å². The van der Waals surface area contributed by atoms with Crippen molar-refractivity contribution in [1.29, 1.82) is 0 Å². The van der Waals surface area contributed by atoms with E-state index in [-0.39, 0.29) is 13.2 Å². The molecule has 0 radical (unpaired) electrons. The van der Waals surface area contributed by atoms with Gasteiger partial charge in [-0.25, -0.2) is 12.7 Å². The maximum Gasteiger partial charge on any atom is 0.322 e. The Morgan fingerprint density at radius 2 is 1.76 bits per heavy atom. The number of methoxy groups -OCH3 is 1. The van der Waals surface area contributed by atoms with Gasteiger partial charge in [-0.3, -0.25) is 8.98 Å². The minimum absolute atomic E-state index is 0.174. The van der Waals surface area contributed by atoms with E-state index in [4.69, 9.17) is 0 Å². The SMILES string of the molecule is COC(=O)CS(=O)(=O)N(C)CCOS(C)(=O)=O. The first-order chi connectivity index (χ1) is 7.58. The highest BCUT2D eigenvalue weighted by molar-refractivity contribution is 7.89. The van der Waals surface area contributed by atoms with Crippen molar-refractivity contribution in [2.45, 2.75) is 0 Å². The summed E-state index contributed by atoms with van der Waals surface area (Å²) in [6.07, 6.45) is 0.857. The van der Waals surface area contributed by atoms with Crippen LogP contribution in [0.4, 0.5) is 0 Å². The number of rotatable bonds is 7. The van der Waals surface area contributed by atoms with E-state index in [0.717, 1.165) is 17.7 Å². The first-order valence-corrected chi connectivity index (χ1v) is 7.86. The number of likely N-dealkylation sites (N-methyl/N-ethyl adjacent to an activating group) is 1. The minimum Gasteiger partial charge on any atom is -0.468 e. The molecule has 10 heteroatoms. The van der Waals surface area contributed by atoms with Gasteiger partial charge in [0.1, 0.15) is 0 Å². The first kappa shape index (κ1) is 16.3. The van der Waals surface area contributed by atoms with Crippen LogP contribution in [0.2, 0.25) is 0 Å². The quantitative estimate of drug-likeness (QED) is 0.410. The van der Waals surface area contributed by atoms with Gasteiger partial charge in [-0.05, 0) is 0 Å². The summed E-state index contributed by atoms with van der Waals surface area (Å²) in [4.78, 5) is 10.8. The summed E-state index contributed by atoms with van der Waals surface area (Å²) < 4.78 is 53.6. The topological polar surface area (TPSA) is 107 Å². The fourth-order valence-corrected chi connectivity index (χ4v) is 2.14. The summed E-state index contributed by atoms with van der Waals surface area (Å²) in [5.41, 5.74) is 0. The molecular formula is C7H15NO7S2. The molecule has 0 aromatic carbocycles. The molecule has 0 spiro atoms.